The van der Waals surface area contributed by atoms with Crippen LogP contribution >= 0.6 is 0 Å². The molecule has 9 nitrogen and oxygen atoms in total. The van der Waals surface area contributed by atoms with Gasteiger partial charge in [0, 0.05) is 29.2 Å². The van der Waals surface area contributed by atoms with Gasteiger partial charge >= 0.3 is 0 Å². The number of carbonyl (C=O) groups excluding carboxylic acids is 2. The number of aryl methyl sites for hydroxylation is 1. The molecule has 0 saturated heterocycles. The Hall–Kier alpha value is -4.14. The van der Waals surface area contributed by atoms with Crippen LogP contribution in [-0.4, -0.2) is 28.4 Å². The van der Waals surface area contributed by atoms with Gasteiger partial charge in [0.1, 0.15) is 5.75 Å². The van der Waals surface area contributed by atoms with Gasteiger partial charge in [0.25, 0.3) is 17.5 Å². The first-order valence-electron chi connectivity index (χ1n) is 9.01. The molecule has 30 heavy (non-hydrogen) atoms. The number of nitro groups is 1. The van der Waals surface area contributed by atoms with Crippen molar-refractivity contribution in [2.45, 2.75) is 13.8 Å². The molecule has 9 heteroatoms. The van der Waals surface area contributed by atoms with Crippen molar-refractivity contribution in [2.24, 2.45) is 0 Å². The van der Waals surface area contributed by atoms with Crippen LogP contribution in [0.25, 0.3) is 5.69 Å². The van der Waals surface area contributed by atoms with Crippen molar-refractivity contribution < 1.29 is 19.2 Å². The van der Waals surface area contributed by atoms with Crippen molar-refractivity contribution in [2.75, 3.05) is 7.11 Å². The number of hydrogen-bond donors (Lipinski definition) is 2. The van der Waals surface area contributed by atoms with Crippen molar-refractivity contribution in [1.82, 2.24) is 15.4 Å². The smallest absolute Gasteiger partial charge is 0.273 e. The van der Waals surface area contributed by atoms with E-state index in [-0.39, 0.29) is 17.0 Å². The molecular weight excluding hydrogens is 388 g/mol. The largest absolute Gasteiger partial charge is 0.496 e. The van der Waals surface area contributed by atoms with Crippen LogP contribution in [-0.2, 0) is 0 Å². The predicted octanol–water partition coefficient (Wildman–Crippen LogP) is 3.09. The number of para-hydroxylation sites is 1. The maximum atomic E-state index is 12.6. The molecule has 1 aromatic heterocycles. The fourth-order valence-corrected chi connectivity index (χ4v) is 3.20. The zero-order valence-electron chi connectivity index (χ0n) is 16.6. The molecule has 1 heterocycles. The minimum absolute atomic E-state index is 0.0678. The molecule has 3 aromatic rings. The van der Waals surface area contributed by atoms with E-state index in [9.17, 15) is 19.7 Å². The van der Waals surface area contributed by atoms with Gasteiger partial charge in [-0.25, -0.2) is 0 Å². The third kappa shape index (κ3) is 4.00. The molecule has 0 saturated carbocycles. The van der Waals surface area contributed by atoms with Crippen LogP contribution in [0, 0.1) is 24.0 Å². The van der Waals surface area contributed by atoms with Gasteiger partial charge in [0.05, 0.1) is 23.2 Å². The summed E-state index contributed by atoms with van der Waals surface area (Å²) in [4.78, 5) is 35.5. The zero-order valence-corrected chi connectivity index (χ0v) is 16.6. The Morgan fingerprint density at radius 2 is 1.60 bits per heavy atom. The SMILES string of the molecule is COc1ccc([N+](=O)[O-])cc1C(=O)NNC(=O)c1cc(C)n(-c2ccccc2)c1C. The summed E-state index contributed by atoms with van der Waals surface area (Å²) in [5.74, 6) is -1.10. The molecule has 0 aliphatic carbocycles. The maximum Gasteiger partial charge on any atom is 0.273 e. The van der Waals surface area contributed by atoms with Gasteiger partial charge in [-0.05, 0) is 38.1 Å². The van der Waals surface area contributed by atoms with Gasteiger partial charge in [-0.15, -0.1) is 0 Å². The lowest BCUT2D eigenvalue weighted by molar-refractivity contribution is -0.384. The molecule has 3 rings (SSSR count). The maximum absolute atomic E-state index is 12.6. The molecule has 0 aliphatic heterocycles. The highest BCUT2D eigenvalue weighted by Gasteiger charge is 2.20. The number of benzene rings is 2. The van der Waals surface area contributed by atoms with Gasteiger partial charge < -0.3 is 9.30 Å². The standard InChI is InChI=1S/C21H20N4O5/c1-13-11-17(14(2)24(13)15-7-5-4-6-8-15)20(26)22-23-21(27)18-12-16(25(28)29)9-10-19(18)30-3/h4-12H,1-3H3,(H,22,26)(H,23,27). The molecule has 0 bridgehead atoms. The number of hydrogen-bond acceptors (Lipinski definition) is 5. The number of rotatable bonds is 5. The van der Waals surface area contributed by atoms with Gasteiger partial charge in [-0.2, -0.15) is 0 Å². The molecule has 0 unspecified atom stereocenters. The van der Waals surface area contributed by atoms with Crippen LogP contribution in [0.2, 0.25) is 0 Å². The quantitative estimate of drug-likeness (QED) is 0.497. The second kappa shape index (κ2) is 8.48. The van der Waals surface area contributed by atoms with Crippen molar-refractivity contribution >= 4 is 17.5 Å². The van der Waals surface area contributed by atoms with E-state index in [1.807, 2.05) is 41.8 Å². The lowest BCUT2D eigenvalue weighted by atomic mass is 10.1. The highest BCUT2D eigenvalue weighted by atomic mass is 16.6. The molecular formula is C21H20N4O5. The Balaban J connectivity index is 1.79. The third-order valence-electron chi connectivity index (χ3n) is 4.62. The Bertz CT molecular complexity index is 1120. The summed E-state index contributed by atoms with van der Waals surface area (Å²) in [6.45, 7) is 3.68. The van der Waals surface area contributed by atoms with Crippen LogP contribution in [0.4, 0.5) is 5.69 Å². The van der Waals surface area contributed by atoms with Crippen molar-refractivity contribution in [3.05, 3.63) is 87.2 Å². The predicted molar refractivity (Wildman–Crippen MR) is 110 cm³/mol. The lowest BCUT2D eigenvalue weighted by Crippen LogP contribution is -2.41. The van der Waals surface area contributed by atoms with E-state index in [1.54, 1.807) is 13.0 Å². The highest BCUT2D eigenvalue weighted by molar-refractivity contribution is 6.01. The van der Waals surface area contributed by atoms with Crippen molar-refractivity contribution in [3.8, 4) is 11.4 Å². The molecule has 154 valence electrons. The minimum atomic E-state index is -0.735. The first-order valence-corrected chi connectivity index (χ1v) is 9.01. The number of methoxy groups -OCH3 is 1. The van der Waals surface area contributed by atoms with E-state index < -0.39 is 16.7 Å². The normalized spacial score (nSPS) is 10.4. The minimum Gasteiger partial charge on any atom is -0.496 e. The highest BCUT2D eigenvalue weighted by Crippen LogP contribution is 2.24. The number of hydrazine groups is 1. The van der Waals surface area contributed by atoms with Crippen LogP contribution in [0.3, 0.4) is 0 Å². The number of ether oxygens (including phenoxy) is 1. The van der Waals surface area contributed by atoms with Crippen LogP contribution < -0.4 is 15.6 Å². The second-order valence-corrected chi connectivity index (χ2v) is 6.51. The van der Waals surface area contributed by atoms with Gasteiger partial charge in [0.2, 0.25) is 0 Å². The molecule has 2 N–H and O–H groups in total. The first-order chi connectivity index (χ1) is 14.3. The summed E-state index contributed by atoms with van der Waals surface area (Å²) in [5.41, 5.74) is 7.17. The molecule has 2 aromatic carbocycles. The Morgan fingerprint density at radius 3 is 2.20 bits per heavy atom. The average Bonchev–Trinajstić information content (AvgIpc) is 3.05. The Morgan fingerprint density at radius 1 is 0.967 bits per heavy atom. The third-order valence-corrected chi connectivity index (χ3v) is 4.62. The van der Waals surface area contributed by atoms with E-state index in [4.69, 9.17) is 4.74 Å². The lowest BCUT2D eigenvalue weighted by Gasteiger charge is -2.11. The van der Waals surface area contributed by atoms with Gasteiger partial charge in [-0.1, -0.05) is 18.2 Å². The number of aromatic nitrogens is 1. The monoisotopic (exact) mass is 408 g/mol. The number of carbonyl (C=O) groups is 2. The van der Waals surface area contributed by atoms with E-state index in [1.165, 1.54) is 19.2 Å². The van der Waals surface area contributed by atoms with E-state index in [0.29, 0.717) is 11.3 Å². The van der Waals surface area contributed by atoms with E-state index >= 15 is 0 Å². The summed E-state index contributed by atoms with van der Waals surface area (Å²) in [6.07, 6.45) is 0. The number of nitrogens with one attached hydrogen (secondary N) is 2. The fourth-order valence-electron chi connectivity index (χ4n) is 3.20. The molecule has 0 spiro atoms. The number of nitro benzene ring substituents is 1. The molecule has 0 atom stereocenters. The van der Waals surface area contributed by atoms with Crippen LogP contribution in [0.1, 0.15) is 32.1 Å². The number of amides is 2. The summed E-state index contributed by atoms with van der Waals surface area (Å²) in [7, 11) is 1.34. The molecule has 0 radical (unpaired) electrons. The topological polar surface area (TPSA) is 116 Å². The summed E-state index contributed by atoms with van der Waals surface area (Å²) >= 11 is 0. The number of non-ortho nitro benzene ring substituents is 1. The summed E-state index contributed by atoms with van der Waals surface area (Å²) < 4.78 is 7.01. The van der Waals surface area contributed by atoms with Crippen LogP contribution in [0.5, 0.6) is 5.75 Å². The van der Waals surface area contributed by atoms with Crippen LogP contribution in [0.15, 0.2) is 54.6 Å². The van der Waals surface area contributed by atoms with Gasteiger partial charge in [0.15, 0.2) is 0 Å². The van der Waals surface area contributed by atoms with E-state index in [0.717, 1.165) is 17.4 Å². The first kappa shape index (κ1) is 20.6. The van der Waals surface area contributed by atoms with Crippen molar-refractivity contribution in [1.29, 1.82) is 0 Å². The Kier molecular flexibility index (Phi) is 5.82. The molecule has 2 amide bonds. The number of nitrogens with zero attached hydrogens (tertiary/aromatic N) is 2. The molecule has 0 aliphatic rings. The van der Waals surface area contributed by atoms with E-state index in [2.05, 4.69) is 10.9 Å². The zero-order chi connectivity index (χ0) is 21.8. The van der Waals surface area contributed by atoms with Gasteiger partial charge in [-0.3, -0.25) is 30.6 Å². The van der Waals surface area contributed by atoms with Crippen molar-refractivity contribution in [3.63, 3.8) is 0 Å². The Labute approximate surface area is 172 Å². The second-order valence-electron chi connectivity index (χ2n) is 6.51. The fraction of sp³-hybridized carbons (Fsp3) is 0.143. The molecule has 0 fully saturated rings. The average molecular weight is 408 g/mol. The summed E-state index contributed by atoms with van der Waals surface area (Å²) in [5, 5.41) is 11.0. The summed E-state index contributed by atoms with van der Waals surface area (Å²) in [6, 6.07) is 14.9.